The molecule has 0 saturated heterocycles. The molecule has 4 nitrogen and oxygen atoms in total. The summed E-state index contributed by atoms with van der Waals surface area (Å²) in [5.41, 5.74) is 4.76. The molecule has 4 rings (SSSR count). The Morgan fingerprint density at radius 1 is 0.933 bits per heavy atom. The van der Waals surface area contributed by atoms with E-state index in [-0.39, 0.29) is 5.91 Å². The Morgan fingerprint density at radius 2 is 1.63 bits per heavy atom. The molecule has 1 heterocycles. The van der Waals surface area contributed by atoms with Crippen molar-refractivity contribution >= 4 is 17.5 Å². The monoisotopic (exact) mass is 415 g/mol. The third-order valence-corrected chi connectivity index (χ3v) is 5.17. The van der Waals surface area contributed by atoms with E-state index in [1.54, 1.807) is 6.92 Å². The van der Waals surface area contributed by atoms with Gasteiger partial charge in [0.05, 0.1) is 11.4 Å². The van der Waals surface area contributed by atoms with E-state index in [0.29, 0.717) is 18.1 Å². The lowest BCUT2D eigenvalue weighted by molar-refractivity contribution is -0.130. The van der Waals surface area contributed by atoms with Crippen LogP contribution in [-0.4, -0.2) is 20.6 Å². The van der Waals surface area contributed by atoms with Crippen molar-refractivity contribution in [2.75, 3.05) is 0 Å². The first-order chi connectivity index (χ1) is 14.6. The Hall–Kier alpha value is -3.37. The van der Waals surface area contributed by atoms with Crippen LogP contribution in [0, 0.1) is 0 Å². The first kappa shape index (κ1) is 19.9. The normalized spacial score (nSPS) is 10.7. The van der Waals surface area contributed by atoms with E-state index in [9.17, 15) is 4.79 Å². The smallest absolute Gasteiger partial charge is 0.220 e. The molecule has 0 atom stereocenters. The van der Waals surface area contributed by atoms with E-state index in [0.717, 1.165) is 28.1 Å². The second-order valence-electron chi connectivity index (χ2n) is 7.15. The fourth-order valence-electron chi connectivity index (χ4n) is 3.41. The maximum atomic E-state index is 12.4. The fourth-order valence-corrected chi connectivity index (χ4v) is 3.60. The average Bonchev–Trinajstić information content (AvgIpc) is 3.18. The zero-order valence-corrected chi connectivity index (χ0v) is 17.5. The minimum atomic E-state index is 0.0170. The van der Waals surface area contributed by atoms with Crippen LogP contribution in [0.3, 0.4) is 0 Å². The Morgan fingerprint density at radius 3 is 2.30 bits per heavy atom. The molecule has 0 saturated carbocycles. The molecule has 5 heteroatoms. The Balaban J connectivity index is 1.73. The van der Waals surface area contributed by atoms with Crippen molar-refractivity contribution in [3.63, 3.8) is 0 Å². The molecular weight excluding hydrogens is 394 g/mol. The topological polar surface area (TPSA) is 38.1 Å². The molecule has 0 bridgehead atoms. The van der Waals surface area contributed by atoms with Crippen molar-refractivity contribution in [1.82, 2.24) is 14.7 Å². The Bertz CT molecular complexity index is 1140. The molecular formula is C25H22ClN3O. The van der Waals surface area contributed by atoms with Gasteiger partial charge in [-0.25, -0.2) is 4.68 Å². The summed E-state index contributed by atoms with van der Waals surface area (Å²) in [5.74, 6) is 0.0170. The number of hydrogen-bond donors (Lipinski definition) is 0. The second kappa shape index (κ2) is 8.97. The van der Waals surface area contributed by atoms with Gasteiger partial charge in [0.1, 0.15) is 0 Å². The first-order valence-electron chi connectivity index (χ1n) is 9.79. The van der Waals surface area contributed by atoms with Crippen molar-refractivity contribution in [2.45, 2.75) is 20.0 Å². The zero-order chi connectivity index (χ0) is 20.9. The molecule has 150 valence electrons. The highest BCUT2D eigenvalue weighted by Gasteiger charge is 2.18. The van der Waals surface area contributed by atoms with Gasteiger partial charge < -0.3 is 4.90 Å². The van der Waals surface area contributed by atoms with Crippen LogP contribution in [0.25, 0.3) is 16.9 Å². The molecule has 4 aromatic rings. The molecule has 0 aliphatic carbocycles. The molecule has 1 amide bonds. The third-order valence-electron chi connectivity index (χ3n) is 4.93. The van der Waals surface area contributed by atoms with Crippen LogP contribution < -0.4 is 0 Å². The second-order valence-corrected chi connectivity index (χ2v) is 7.59. The number of hydrogen-bond acceptors (Lipinski definition) is 2. The number of rotatable bonds is 6. The van der Waals surface area contributed by atoms with Gasteiger partial charge >= 0.3 is 0 Å². The van der Waals surface area contributed by atoms with Crippen LogP contribution in [0.15, 0.2) is 91.1 Å². The number of benzene rings is 3. The molecule has 0 spiro atoms. The number of amides is 1. The van der Waals surface area contributed by atoms with Crippen molar-refractivity contribution in [3.05, 3.63) is 107 Å². The van der Waals surface area contributed by atoms with Crippen LogP contribution in [0.1, 0.15) is 18.1 Å². The van der Waals surface area contributed by atoms with E-state index < -0.39 is 0 Å². The average molecular weight is 416 g/mol. The maximum absolute atomic E-state index is 12.4. The predicted molar refractivity (Wildman–Crippen MR) is 120 cm³/mol. The fraction of sp³-hybridized carbons (Fsp3) is 0.120. The molecule has 0 unspecified atom stereocenters. The standard InChI is InChI=1S/C25H22ClN3O/c1-19(30)28(16-20-9-4-2-5-10-20)17-22-18-29(24-13-6-3-7-14-24)27-25(22)21-11-8-12-23(26)15-21/h2-15,18H,16-17H2,1H3. The lowest BCUT2D eigenvalue weighted by Crippen LogP contribution is -2.27. The van der Waals surface area contributed by atoms with Crippen molar-refractivity contribution < 1.29 is 4.79 Å². The van der Waals surface area contributed by atoms with Gasteiger partial charge in [-0.3, -0.25) is 4.79 Å². The van der Waals surface area contributed by atoms with E-state index in [2.05, 4.69) is 0 Å². The van der Waals surface area contributed by atoms with Gasteiger partial charge in [0.15, 0.2) is 0 Å². The van der Waals surface area contributed by atoms with Gasteiger partial charge in [-0.2, -0.15) is 5.10 Å². The molecule has 0 fully saturated rings. The minimum absolute atomic E-state index is 0.0170. The summed E-state index contributed by atoms with van der Waals surface area (Å²) in [6, 6.07) is 27.6. The number of aromatic nitrogens is 2. The van der Waals surface area contributed by atoms with Gasteiger partial charge in [-0.05, 0) is 29.8 Å². The molecule has 30 heavy (non-hydrogen) atoms. The van der Waals surface area contributed by atoms with E-state index in [4.69, 9.17) is 16.7 Å². The summed E-state index contributed by atoms with van der Waals surface area (Å²) >= 11 is 6.24. The number of nitrogens with zero attached hydrogens (tertiary/aromatic N) is 3. The zero-order valence-electron chi connectivity index (χ0n) is 16.7. The summed E-state index contributed by atoms with van der Waals surface area (Å²) in [6.45, 7) is 2.60. The van der Waals surface area contributed by atoms with Crippen molar-refractivity contribution in [1.29, 1.82) is 0 Å². The number of halogens is 1. The van der Waals surface area contributed by atoms with Gasteiger partial charge in [0, 0.05) is 42.4 Å². The van der Waals surface area contributed by atoms with Gasteiger partial charge in [-0.15, -0.1) is 0 Å². The predicted octanol–water partition coefficient (Wildman–Crippen LogP) is 5.74. The summed E-state index contributed by atoms with van der Waals surface area (Å²) in [6.07, 6.45) is 1.99. The van der Waals surface area contributed by atoms with Crippen LogP contribution in [0.4, 0.5) is 0 Å². The number of carbonyl (C=O) groups is 1. The molecule has 1 aromatic heterocycles. The third kappa shape index (κ3) is 4.61. The lowest BCUT2D eigenvalue weighted by Gasteiger charge is -2.21. The maximum Gasteiger partial charge on any atom is 0.220 e. The molecule has 3 aromatic carbocycles. The Kier molecular flexibility index (Phi) is 5.96. The summed E-state index contributed by atoms with van der Waals surface area (Å²) in [5, 5.41) is 5.48. The number of carbonyl (C=O) groups excluding carboxylic acids is 1. The van der Waals surface area contributed by atoms with Crippen LogP contribution in [0.5, 0.6) is 0 Å². The molecule has 0 radical (unpaired) electrons. The summed E-state index contributed by atoms with van der Waals surface area (Å²) in [7, 11) is 0. The van der Waals surface area contributed by atoms with E-state index in [1.807, 2.05) is 101 Å². The Labute approximate surface area is 181 Å². The SMILES string of the molecule is CC(=O)N(Cc1ccccc1)Cc1cn(-c2ccccc2)nc1-c1cccc(Cl)c1. The van der Waals surface area contributed by atoms with Gasteiger partial charge in [0.2, 0.25) is 5.91 Å². The van der Waals surface area contributed by atoms with Crippen molar-refractivity contribution in [3.8, 4) is 16.9 Å². The number of para-hydroxylation sites is 1. The highest BCUT2D eigenvalue weighted by molar-refractivity contribution is 6.30. The summed E-state index contributed by atoms with van der Waals surface area (Å²) in [4.78, 5) is 14.2. The first-order valence-corrected chi connectivity index (χ1v) is 10.2. The lowest BCUT2D eigenvalue weighted by atomic mass is 10.1. The molecule has 0 aliphatic heterocycles. The highest BCUT2D eigenvalue weighted by Crippen LogP contribution is 2.27. The van der Waals surface area contributed by atoms with Gasteiger partial charge in [-0.1, -0.05) is 72.3 Å². The van der Waals surface area contributed by atoms with Crippen LogP contribution in [-0.2, 0) is 17.9 Å². The van der Waals surface area contributed by atoms with Crippen molar-refractivity contribution in [2.24, 2.45) is 0 Å². The highest BCUT2D eigenvalue weighted by atomic mass is 35.5. The van der Waals surface area contributed by atoms with E-state index >= 15 is 0 Å². The van der Waals surface area contributed by atoms with Crippen LogP contribution >= 0.6 is 11.6 Å². The van der Waals surface area contributed by atoms with Gasteiger partial charge in [0.25, 0.3) is 0 Å². The van der Waals surface area contributed by atoms with E-state index in [1.165, 1.54) is 0 Å². The minimum Gasteiger partial charge on any atom is -0.334 e. The molecule has 0 N–H and O–H groups in total. The summed E-state index contributed by atoms with van der Waals surface area (Å²) < 4.78 is 1.85. The molecule has 0 aliphatic rings. The largest absolute Gasteiger partial charge is 0.334 e. The van der Waals surface area contributed by atoms with Crippen LogP contribution in [0.2, 0.25) is 5.02 Å². The quantitative estimate of drug-likeness (QED) is 0.402.